The Bertz CT molecular complexity index is 1410. The smallest absolute Gasteiger partial charge is 0.267 e. The van der Waals surface area contributed by atoms with Gasteiger partial charge in [0.1, 0.15) is 0 Å². The van der Waals surface area contributed by atoms with Crippen LogP contribution in [0.2, 0.25) is 0 Å². The van der Waals surface area contributed by atoms with Gasteiger partial charge in [-0.05, 0) is 66.1 Å². The van der Waals surface area contributed by atoms with Crippen molar-refractivity contribution in [1.29, 1.82) is 0 Å². The fraction of sp³-hybridized carbons (Fsp3) is 0.226. The fourth-order valence-electron chi connectivity index (χ4n) is 4.64. The van der Waals surface area contributed by atoms with Crippen LogP contribution in [0.15, 0.2) is 85.5 Å². The molecule has 1 fully saturated rings. The average molecular weight is 506 g/mol. The Morgan fingerprint density at radius 1 is 1.08 bits per heavy atom. The van der Waals surface area contributed by atoms with Crippen LogP contribution in [0.4, 0.5) is 0 Å². The van der Waals surface area contributed by atoms with E-state index in [0.29, 0.717) is 12.1 Å². The number of benzene rings is 2. The lowest BCUT2D eigenvalue weighted by Crippen LogP contribution is -2.36. The van der Waals surface area contributed by atoms with Crippen molar-refractivity contribution in [2.75, 3.05) is 6.54 Å². The Kier molecular flexibility index (Phi) is 7.45. The van der Waals surface area contributed by atoms with Crippen molar-refractivity contribution in [3.63, 3.8) is 0 Å². The van der Waals surface area contributed by atoms with Crippen LogP contribution in [-0.2, 0) is 23.3 Å². The van der Waals surface area contributed by atoms with E-state index < -0.39 is 0 Å². The maximum Gasteiger partial charge on any atom is 0.267 e. The van der Waals surface area contributed by atoms with Crippen LogP contribution >= 0.6 is 0 Å². The molecular weight excluding hydrogens is 474 g/mol. The topological polar surface area (TPSA) is 96.0 Å². The van der Waals surface area contributed by atoms with Gasteiger partial charge in [0.25, 0.3) is 11.8 Å². The number of aromatic nitrogens is 2. The van der Waals surface area contributed by atoms with E-state index in [1.54, 1.807) is 24.7 Å². The van der Waals surface area contributed by atoms with Gasteiger partial charge in [-0.3, -0.25) is 19.6 Å². The number of allylic oxidation sites excluding steroid dienone is 1. The minimum Gasteiger partial charge on any atom is -0.378 e. The quantitative estimate of drug-likeness (QED) is 0.357. The van der Waals surface area contributed by atoms with Gasteiger partial charge in [0.15, 0.2) is 0 Å². The number of rotatable bonds is 10. The van der Waals surface area contributed by atoms with Gasteiger partial charge in [0, 0.05) is 31.0 Å². The predicted octanol–water partition coefficient (Wildman–Crippen LogP) is 4.29. The lowest BCUT2D eigenvalue weighted by atomic mass is 9.92. The number of hydrogen-bond acceptors (Lipinski definition) is 5. The van der Waals surface area contributed by atoms with Crippen LogP contribution in [0.1, 0.15) is 57.6 Å². The molecule has 3 N–H and O–H groups in total. The Morgan fingerprint density at radius 2 is 1.95 bits per heavy atom. The first-order valence-electron chi connectivity index (χ1n) is 12.9. The number of amides is 2. The molecule has 0 unspecified atom stereocenters. The van der Waals surface area contributed by atoms with Crippen molar-refractivity contribution in [1.82, 2.24) is 25.9 Å². The number of hydrogen-bond donors (Lipinski definition) is 3. The number of nitrogens with one attached hydrogen (secondary N) is 3. The normalized spacial score (nSPS) is 14.9. The van der Waals surface area contributed by atoms with Crippen LogP contribution in [0.3, 0.4) is 0 Å². The Balaban J connectivity index is 1.17. The molecule has 1 aromatic heterocycles. The van der Waals surface area contributed by atoms with Crippen LogP contribution in [-0.4, -0.2) is 28.3 Å². The van der Waals surface area contributed by atoms with Gasteiger partial charge in [0.2, 0.25) is 0 Å². The molecule has 3 aromatic rings. The third kappa shape index (κ3) is 5.89. The van der Waals surface area contributed by atoms with Crippen molar-refractivity contribution in [3.8, 4) is 0 Å². The molecule has 38 heavy (non-hydrogen) atoms. The molecule has 7 nitrogen and oxygen atoms in total. The molecule has 0 bridgehead atoms. The molecule has 0 radical (unpaired) electrons. The Hall–Kier alpha value is -4.52. The third-order valence-electron chi connectivity index (χ3n) is 6.96. The summed E-state index contributed by atoms with van der Waals surface area (Å²) >= 11 is 0. The van der Waals surface area contributed by atoms with E-state index in [-0.39, 0.29) is 29.6 Å². The zero-order valence-electron chi connectivity index (χ0n) is 21.2. The van der Waals surface area contributed by atoms with E-state index >= 15 is 0 Å². The van der Waals surface area contributed by atoms with Gasteiger partial charge in [0.05, 0.1) is 23.1 Å². The molecule has 2 aromatic carbocycles. The first-order chi connectivity index (χ1) is 18.5. The maximum absolute atomic E-state index is 13.4. The zero-order valence-corrected chi connectivity index (χ0v) is 21.2. The fourth-order valence-corrected chi connectivity index (χ4v) is 4.64. The molecule has 0 aliphatic heterocycles. The number of carbonyl (C=O) groups excluding carboxylic acids is 2. The van der Waals surface area contributed by atoms with Gasteiger partial charge in [-0.25, -0.2) is 0 Å². The van der Waals surface area contributed by atoms with Crippen molar-refractivity contribution in [2.24, 2.45) is 0 Å². The second-order valence-electron chi connectivity index (χ2n) is 9.62. The highest BCUT2D eigenvalue weighted by atomic mass is 16.2. The number of aryl methyl sites for hydroxylation is 1. The summed E-state index contributed by atoms with van der Waals surface area (Å²) in [5.41, 5.74) is 5.71. The van der Waals surface area contributed by atoms with E-state index in [1.165, 1.54) is 11.1 Å². The van der Waals surface area contributed by atoms with Crippen molar-refractivity contribution >= 4 is 24.0 Å². The molecule has 7 heteroatoms. The van der Waals surface area contributed by atoms with Gasteiger partial charge in [-0.2, -0.15) is 0 Å². The molecule has 2 amide bonds. The molecule has 2 aliphatic rings. The Labute approximate surface area is 222 Å². The first-order valence-corrected chi connectivity index (χ1v) is 12.9. The highest BCUT2D eigenvalue weighted by Gasteiger charge is 2.46. The number of carbonyl (C=O) groups is 2. The van der Waals surface area contributed by atoms with Crippen molar-refractivity contribution < 1.29 is 9.59 Å². The summed E-state index contributed by atoms with van der Waals surface area (Å²) in [5.74, 6) is -0.458. The predicted molar refractivity (Wildman–Crippen MR) is 149 cm³/mol. The number of nitrogens with zero attached hydrogens (tertiary/aromatic N) is 2. The highest BCUT2D eigenvalue weighted by molar-refractivity contribution is 5.97. The SMILES string of the molecule is C=C(NC/C=C/c1cnccn1)C(=O)NCc1ccccc1C(=O)NC1(c2ccc3c(c2)C=CCC3)CC1. The summed E-state index contributed by atoms with van der Waals surface area (Å²) in [4.78, 5) is 34.1. The molecular formula is C31H31N5O2. The number of fused-ring (bicyclic) bond motifs is 1. The lowest BCUT2D eigenvalue weighted by Gasteiger charge is -2.21. The molecule has 2 aliphatic carbocycles. The highest BCUT2D eigenvalue weighted by Crippen LogP contribution is 2.46. The standard InChI is InChI=1S/C31H31N5O2/c1-22(33-16-6-10-27-21-32-17-18-34-27)29(37)35-20-25-9-4-5-11-28(25)30(38)36-31(14-15-31)26-13-12-23-7-2-3-8-24(23)19-26/h3-6,8-13,17-19,21,33H,1-2,7,14-16,20H2,(H,35,37)(H,36,38)/b10-6+. The molecule has 5 rings (SSSR count). The van der Waals surface area contributed by atoms with Gasteiger partial charge in [-0.1, -0.05) is 55.1 Å². The zero-order chi connectivity index (χ0) is 26.4. The molecule has 1 saturated carbocycles. The second-order valence-corrected chi connectivity index (χ2v) is 9.62. The van der Waals surface area contributed by atoms with Crippen LogP contribution < -0.4 is 16.0 Å². The molecule has 192 valence electrons. The van der Waals surface area contributed by atoms with Crippen LogP contribution in [0, 0.1) is 0 Å². The van der Waals surface area contributed by atoms with E-state index in [0.717, 1.165) is 42.5 Å². The van der Waals surface area contributed by atoms with Crippen molar-refractivity contribution in [2.45, 2.75) is 37.8 Å². The first kappa shape index (κ1) is 25.1. The second kappa shape index (κ2) is 11.3. The molecule has 1 heterocycles. The van der Waals surface area contributed by atoms with E-state index in [4.69, 9.17) is 0 Å². The molecule has 0 saturated heterocycles. The molecule has 0 spiro atoms. The summed E-state index contributed by atoms with van der Waals surface area (Å²) in [6, 6.07) is 13.9. The van der Waals surface area contributed by atoms with E-state index in [9.17, 15) is 9.59 Å². The minimum atomic E-state index is -0.329. The largest absolute Gasteiger partial charge is 0.378 e. The average Bonchev–Trinajstić information content (AvgIpc) is 3.74. The van der Waals surface area contributed by atoms with Crippen LogP contribution in [0.5, 0.6) is 0 Å². The summed E-state index contributed by atoms with van der Waals surface area (Å²) in [7, 11) is 0. The van der Waals surface area contributed by atoms with Crippen molar-refractivity contribution in [3.05, 3.63) is 119 Å². The van der Waals surface area contributed by atoms with Gasteiger partial charge in [-0.15, -0.1) is 0 Å². The van der Waals surface area contributed by atoms with Gasteiger partial charge < -0.3 is 16.0 Å². The minimum absolute atomic E-state index is 0.133. The van der Waals surface area contributed by atoms with Gasteiger partial charge >= 0.3 is 0 Å². The summed E-state index contributed by atoms with van der Waals surface area (Å²) in [6.45, 7) is 4.46. The maximum atomic E-state index is 13.4. The molecule has 0 atom stereocenters. The third-order valence-corrected chi connectivity index (χ3v) is 6.96. The van der Waals surface area contributed by atoms with Crippen LogP contribution in [0.25, 0.3) is 12.2 Å². The Morgan fingerprint density at radius 3 is 2.76 bits per heavy atom. The monoisotopic (exact) mass is 505 g/mol. The summed E-state index contributed by atoms with van der Waals surface area (Å²) in [5, 5.41) is 9.12. The summed E-state index contributed by atoms with van der Waals surface area (Å²) < 4.78 is 0. The van der Waals surface area contributed by atoms with E-state index in [2.05, 4.69) is 62.8 Å². The lowest BCUT2D eigenvalue weighted by molar-refractivity contribution is -0.118. The van der Waals surface area contributed by atoms with E-state index in [1.807, 2.05) is 30.4 Å². The summed E-state index contributed by atoms with van der Waals surface area (Å²) in [6.07, 6.45) is 16.9.